The Morgan fingerprint density at radius 1 is 1.08 bits per heavy atom. The van der Waals surface area contributed by atoms with E-state index in [1.807, 2.05) is 30.3 Å². The van der Waals surface area contributed by atoms with Gasteiger partial charge in [0.25, 0.3) is 0 Å². The SMILES string of the molecule is OCc1cccc(C2CCCN(CC3COc4ccccc4O3)C2)c1. The summed E-state index contributed by atoms with van der Waals surface area (Å²) in [5, 5.41) is 9.37. The van der Waals surface area contributed by atoms with Gasteiger partial charge in [-0.25, -0.2) is 0 Å². The average Bonchev–Trinajstić information content (AvgIpc) is 2.68. The van der Waals surface area contributed by atoms with Crippen molar-refractivity contribution in [3.8, 4) is 11.5 Å². The average molecular weight is 339 g/mol. The standard InChI is InChI=1S/C21H25NO3/c23-14-16-5-3-6-17(11-16)18-7-4-10-22(12-18)13-19-15-24-20-8-1-2-9-21(20)25-19/h1-3,5-6,8-9,11,18-19,23H,4,7,10,12-15H2. The minimum Gasteiger partial charge on any atom is -0.486 e. The molecule has 0 aromatic heterocycles. The summed E-state index contributed by atoms with van der Waals surface area (Å²) in [6.07, 6.45) is 2.48. The van der Waals surface area contributed by atoms with E-state index in [0.29, 0.717) is 12.5 Å². The van der Waals surface area contributed by atoms with Crippen molar-refractivity contribution in [3.63, 3.8) is 0 Å². The molecule has 1 N–H and O–H groups in total. The zero-order valence-corrected chi connectivity index (χ0v) is 14.4. The largest absolute Gasteiger partial charge is 0.486 e. The first-order valence-corrected chi connectivity index (χ1v) is 9.12. The number of rotatable bonds is 4. The predicted molar refractivity (Wildman–Crippen MR) is 97.1 cm³/mol. The van der Waals surface area contributed by atoms with Crippen molar-refractivity contribution in [2.45, 2.75) is 31.5 Å². The van der Waals surface area contributed by atoms with E-state index in [-0.39, 0.29) is 12.7 Å². The van der Waals surface area contributed by atoms with Crippen LogP contribution >= 0.6 is 0 Å². The fourth-order valence-electron chi connectivity index (χ4n) is 3.88. The minimum atomic E-state index is 0.0810. The fraction of sp³-hybridized carbons (Fsp3) is 0.429. The highest BCUT2D eigenvalue weighted by molar-refractivity contribution is 5.40. The Labute approximate surface area is 149 Å². The molecule has 0 spiro atoms. The fourth-order valence-corrected chi connectivity index (χ4v) is 3.88. The third-order valence-corrected chi connectivity index (χ3v) is 5.14. The van der Waals surface area contributed by atoms with Crippen molar-refractivity contribution in [1.82, 2.24) is 4.90 Å². The maximum atomic E-state index is 9.37. The molecule has 2 aliphatic heterocycles. The number of aliphatic hydroxyl groups excluding tert-OH is 1. The molecule has 2 heterocycles. The van der Waals surface area contributed by atoms with Crippen molar-refractivity contribution >= 4 is 0 Å². The van der Waals surface area contributed by atoms with E-state index in [9.17, 15) is 5.11 Å². The molecule has 0 aliphatic carbocycles. The van der Waals surface area contributed by atoms with Crippen LogP contribution in [0, 0.1) is 0 Å². The molecule has 1 fully saturated rings. The topological polar surface area (TPSA) is 41.9 Å². The number of benzene rings is 2. The summed E-state index contributed by atoms with van der Waals surface area (Å²) in [5.41, 5.74) is 2.33. The van der Waals surface area contributed by atoms with Gasteiger partial charge in [-0.05, 0) is 48.6 Å². The zero-order chi connectivity index (χ0) is 17.1. The molecule has 4 rings (SSSR count). The molecule has 132 valence electrons. The van der Waals surface area contributed by atoms with Gasteiger partial charge in [-0.3, -0.25) is 4.90 Å². The van der Waals surface area contributed by atoms with Gasteiger partial charge in [-0.2, -0.15) is 0 Å². The maximum Gasteiger partial charge on any atom is 0.161 e. The van der Waals surface area contributed by atoms with Crippen molar-refractivity contribution < 1.29 is 14.6 Å². The van der Waals surface area contributed by atoms with Crippen LogP contribution < -0.4 is 9.47 Å². The van der Waals surface area contributed by atoms with Crippen LogP contribution in [0.3, 0.4) is 0 Å². The van der Waals surface area contributed by atoms with Gasteiger partial charge in [0.15, 0.2) is 11.5 Å². The van der Waals surface area contributed by atoms with Gasteiger partial charge in [0.05, 0.1) is 6.61 Å². The van der Waals surface area contributed by atoms with Crippen LogP contribution in [0.15, 0.2) is 48.5 Å². The second kappa shape index (κ2) is 7.46. The Morgan fingerprint density at radius 3 is 2.84 bits per heavy atom. The Hall–Kier alpha value is -2.04. The Morgan fingerprint density at radius 2 is 1.96 bits per heavy atom. The number of piperidine rings is 1. The molecule has 2 unspecified atom stereocenters. The molecule has 25 heavy (non-hydrogen) atoms. The van der Waals surface area contributed by atoms with Crippen LogP contribution in [-0.4, -0.2) is 42.4 Å². The summed E-state index contributed by atoms with van der Waals surface area (Å²) < 4.78 is 12.0. The van der Waals surface area contributed by atoms with Crippen LogP contribution in [-0.2, 0) is 6.61 Å². The molecule has 2 aromatic rings. The molecule has 1 saturated heterocycles. The van der Waals surface area contributed by atoms with E-state index in [1.165, 1.54) is 18.4 Å². The molecule has 4 nitrogen and oxygen atoms in total. The number of para-hydroxylation sites is 2. The first kappa shape index (κ1) is 16.4. The quantitative estimate of drug-likeness (QED) is 0.929. The Bertz CT molecular complexity index is 718. The van der Waals surface area contributed by atoms with Crippen LogP contribution in [0.5, 0.6) is 11.5 Å². The lowest BCUT2D eigenvalue weighted by atomic mass is 9.89. The predicted octanol–water partition coefficient (Wildman–Crippen LogP) is 3.20. The van der Waals surface area contributed by atoms with E-state index in [0.717, 1.165) is 36.7 Å². The van der Waals surface area contributed by atoms with Crippen LogP contribution in [0.1, 0.15) is 29.9 Å². The van der Waals surface area contributed by atoms with Crippen LogP contribution in [0.25, 0.3) is 0 Å². The highest BCUT2D eigenvalue weighted by Crippen LogP contribution is 2.32. The number of hydrogen-bond acceptors (Lipinski definition) is 4. The molecule has 0 saturated carbocycles. The molecule has 2 aromatic carbocycles. The molecule has 4 heteroatoms. The summed E-state index contributed by atoms with van der Waals surface area (Å²) >= 11 is 0. The number of aliphatic hydroxyl groups is 1. The van der Waals surface area contributed by atoms with E-state index in [1.54, 1.807) is 0 Å². The molecule has 2 atom stereocenters. The number of hydrogen-bond donors (Lipinski definition) is 1. The summed E-state index contributed by atoms with van der Waals surface area (Å²) in [5.74, 6) is 2.22. The van der Waals surface area contributed by atoms with Gasteiger partial charge in [0.1, 0.15) is 12.7 Å². The van der Waals surface area contributed by atoms with Crippen LogP contribution in [0.4, 0.5) is 0 Å². The first-order valence-electron chi connectivity index (χ1n) is 9.12. The van der Waals surface area contributed by atoms with E-state index in [4.69, 9.17) is 9.47 Å². The van der Waals surface area contributed by atoms with Gasteiger partial charge in [-0.15, -0.1) is 0 Å². The van der Waals surface area contributed by atoms with Crippen molar-refractivity contribution in [2.24, 2.45) is 0 Å². The van der Waals surface area contributed by atoms with Crippen LogP contribution in [0.2, 0.25) is 0 Å². The number of fused-ring (bicyclic) bond motifs is 1. The van der Waals surface area contributed by atoms with E-state index < -0.39 is 0 Å². The molecule has 0 amide bonds. The third-order valence-electron chi connectivity index (χ3n) is 5.14. The summed E-state index contributed by atoms with van der Waals surface area (Å²) in [6.45, 7) is 3.76. The van der Waals surface area contributed by atoms with Crippen molar-refractivity contribution in [1.29, 1.82) is 0 Å². The highest BCUT2D eigenvalue weighted by Gasteiger charge is 2.27. The van der Waals surface area contributed by atoms with Gasteiger partial charge < -0.3 is 14.6 Å². The Balaban J connectivity index is 1.39. The van der Waals surface area contributed by atoms with Gasteiger partial charge in [0, 0.05) is 13.1 Å². The summed E-state index contributed by atoms with van der Waals surface area (Å²) in [4.78, 5) is 2.49. The summed E-state index contributed by atoms with van der Waals surface area (Å²) in [7, 11) is 0. The van der Waals surface area contributed by atoms with Crippen molar-refractivity contribution in [2.75, 3.05) is 26.2 Å². The minimum absolute atomic E-state index is 0.0810. The number of nitrogens with zero attached hydrogens (tertiary/aromatic N) is 1. The normalized spacial score (nSPS) is 23.4. The first-order chi connectivity index (χ1) is 12.3. The summed E-state index contributed by atoms with van der Waals surface area (Å²) in [6, 6.07) is 16.2. The highest BCUT2D eigenvalue weighted by atomic mass is 16.6. The molecule has 0 bridgehead atoms. The van der Waals surface area contributed by atoms with E-state index in [2.05, 4.69) is 23.1 Å². The zero-order valence-electron chi connectivity index (χ0n) is 14.4. The smallest absolute Gasteiger partial charge is 0.161 e. The molecular weight excluding hydrogens is 314 g/mol. The molecule has 0 radical (unpaired) electrons. The lowest BCUT2D eigenvalue weighted by molar-refractivity contribution is 0.0505. The van der Waals surface area contributed by atoms with Crippen molar-refractivity contribution in [3.05, 3.63) is 59.7 Å². The van der Waals surface area contributed by atoms with E-state index >= 15 is 0 Å². The maximum absolute atomic E-state index is 9.37. The molecule has 2 aliphatic rings. The second-order valence-corrected chi connectivity index (χ2v) is 7.00. The van der Waals surface area contributed by atoms with Gasteiger partial charge in [0.2, 0.25) is 0 Å². The second-order valence-electron chi connectivity index (χ2n) is 7.00. The lowest BCUT2D eigenvalue weighted by Crippen LogP contribution is -2.44. The Kier molecular flexibility index (Phi) is 4.90. The van der Waals surface area contributed by atoms with Gasteiger partial charge in [-0.1, -0.05) is 36.4 Å². The molecular formula is C21H25NO3. The number of likely N-dealkylation sites (tertiary alicyclic amines) is 1. The van der Waals surface area contributed by atoms with Gasteiger partial charge >= 0.3 is 0 Å². The third kappa shape index (κ3) is 3.80. The monoisotopic (exact) mass is 339 g/mol. The number of ether oxygens (including phenoxy) is 2. The lowest BCUT2D eigenvalue weighted by Gasteiger charge is -2.36.